The molecule has 0 fully saturated rings. The number of amides is 1. The molecule has 0 spiro atoms. The number of carbonyl (C=O) groups is 2. The molecule has 0 saturated heterocycles. The van der Waals surface area contributed by atoms with E-state index < -0.39 is 0 Å². The molecule has 0 aliphatic heterocycles. The third kappa shape index (κ3) is 7.05. The Morgan fingerprint density at radius 3 is 2.28 bits per heavy atom. The van der Waals surface area contributed by atoms with E-state index in [-0.39, 0.29) is 17.6 Å². The predicted octanol–water partition coefficient (Wildman–Crippen LogP) is 3.01. The van der Waals surface area contributed by atoms with Crippen LogP contribution in [0.3, 0.4) is 0 Å². The standard InChI is InChI=1S/C15H25NO2/c1-5-6-7-14(12(3)10-13(4)17)9-8-11(2)15(16)18/h5,10-11,14H,1,6-9H2,2-4H3,(H2,16,18)/b12-10-/t11-,14-/m0/s1. The van der Waals surface area contributed by atoms with Crippen molar-refractivity contribution in [1.29, 1.82) is 0 Å². The number of hydrogen-bond donors (Lipinski definition) is 1. The quantitative estimate of drug-likeness (QED) is 0.506. The SMILES string of the molecule is C=CCC[C@@H](CC[C@H](C)C(N)=O)/C(C)=C\C(C)=O. The molecule has 0 aromatic carbocycles. The van der Waals surface area contributed by atoms with Gasteiger partial charge in [-0.3, -0.25) is 9.59 Å². The average molecular weight is 251 g/mol. The van der Waals surface area contributed by atoms with Crippen molar-refractivity contribution in [3.63, 3.8) is 0 Å². The number of rotatable bonds is 9. The molecule has 0 bridgehead atoms. The third-order valence-electron chi connectivity index (χ3n) is 3.23. The van der Waals surface area contributed by atoms with Crippen LogP contribution in [0, 0.1) is 11.8 Å². The maximum atomic E-state index is 11.1. The summed E-state index contributed by atoms with van der Waals surface area (Å²) in [7, 11) is 0. The van der Waals surface area contributed by atoms with Gasteiger partial charge in [-0.15, -0.1) is 6.58 Å². The van der Waals surface area contributed by atoms with Crippen LogP contribution >= 0.6 is 0 Å². The number of ketones is 1. The van der Waals surface area contributed by atoms with Gasteiger partial charge >= 0.3 is 0 Å². The number of allylic oxidation sites excluding steroid dienone is 3. The smallest absolute Gasteiger partial charge is 0.220 e. The zero-order valence-electron chi connectivity index (χ0n) is 11.7. The van der Waals surface area contributed by atoms with Crippen molar-refractivity contribution in [2.75, 3.05) is 0 Å². The highest BCUT2D eigenvalue weighted by Gasteiger charge is 2.15. The monoisotopic (exact) mass is 251 g/mol. The Morgan fingerprint density at radius 1 is 1.22 bits per heavy atom. The van der Waals surface area contributed by atoms with Gasteiger partial charge in [-0.25, -0.2) is 0 Å². The van der Waals surface area contributed by atoms with E-state index in [0.717, 1.165) is 31.3 Å². The molecular formula is C15H25NO2. The first kappa shape index (κ1) is 16.6. The van der Waals surface area contributed by atoms with Gasteiger partial charge in [0.15, 0.2) is 5.78 Å². The van der Waals surface area contributed by atoms with Gasteiger partial charge in [-0.1, -0.05) is 18.6 Å². The molecule has 0 saturated carbocycles. The second-order valence-electron chi connectivity index (χ2n) is 4.94. The van der Waals surface area contributed by atoms with Crippen LogP contribution in [0.25, 0.3) is 0 Å². The zero-order valence-corrected chi connectivity index (χ0v) is 11.7. The number of carbonyl (C=O) groups excluding carboxylic acids is 2. The maximum Gasteiger partial charge on any atom is 0.220 e. The Kier molecular flexibility index (Phi) is 8.01. The van der Waals surface area contributed by atoms with E-state index in [4.69, 9.17) is 5.73 Å². The van der Waals surface area contributed by atoms with Gasteiger partial charge in [0.25, 0.3) is 0 Å². The van der Waals surface area contributed by atoms with Crippen molar-refractivity contribution in [1.82, 2.24) is 0 Å². The van der Waals surface area contributed by atoms with E-state index in [9.17, 15) is 9.59 Å². The molecule has 3 heteroatoms. The van der Waals surface area contributed by atoms with Crippen molar-refractivity contribution < 1.29 is 9.59 Å². The summed E-state index contributed by atoms with van der Waals surface area (Å²) in [5.74, 6) is 0.0276. The molecule has 0 aromatic heterocycles. The lowest BCUT2D eigenvalue weighted by atomic mass is 9.87. The molecule has 0 radical (unpaired) electrons. The molecule has 0 unspecified atom stereocenters. The zero-order chi connectivity index (χ0) is 14.1. The number of hydrogen-bond acceptors (Lipinski definition) is 2. The van der Waals surface area contributed by atoms with Crippen LogP contribution in [0.15, 0.2) is 24.3 Å². The molecule has 18 heavy (non-hydrogen) atoms. The lowest BCUT2D eigenvalue weighted by Gasteiger charge is -2.18. The van der Waals surface area contributed by atoms with Crippen molar-refractivity contribution >= 4 is 11.7 Å². The van der Waals surface area contributed by atoms with Gasteiger partial charge in [-0.2, -0.15) is 0 Å². The Morgan fingerprint density at radius 2 is 1.83 bits per heavy atom. The van der Waals surface area contributed by atoms with E-state index in [1.165, 1.54) is 0 Å². The van der Waals surface area contributed by atoms with Gasteiger partial charge in [0.1, 0.15) is 0 Å². The highest BCUT2D eigenvalue weighted by atomic mass is 16.1. The minimum atomic E-state index is -0.259. The first-order valence-electron chi connectivity index (χ1n) is 6.47. The van der Waals surface area contributed by atoms with Crippen LogP contribution in [0.1, 0.15) is 46.5 Å². The van der Waals surface area contributed by atoms with Gasteiger partial charge in [0, 0.05) is 5.92 Å². The first-order valence-corrected chi connectivity index (χ1v) is 6.47. The van der Waals surface area contributed by atoms with Crippen molar-refractivity contribution in [3.05, 3.63) is 24.3 Å². The predicted molar refractivity (Wildman–Crippen MR) is 75.0 cm³/mol. The van der Waals surface area contributed by atoms with Gasteiger partial charge in [0.05, 0.1) is 0 Å². The Labute approximate surface area is 110 Å². The fourth-order valence-electron chi connectivity index (χ4n) is 1.95. The van der Waals surface area contributed by atoms with E-state index in [0.29, 0.717) is 5.92 Å². The minimum Gasteiger partial charge on any atom is -0.369 e. The molecule has 3 nitrogen and oxygen atoms in total. The van der Waals surface area contributed by atoms with E-state index >= 15 is 0 Å². The Bertz CT molecular complexity index is 331. The average Bonchev–Trinajstić information content (AvgIpc) is 2.27. The Hall–Kier alpha value is -1.38. The van der Waals surface area contributed by atoms with Crippen LogP contribution < -0.4 is 5.73 Å². The van der Waals surface area contributed by atoms with Crippen LogP contribution in [0.5, 0.6) is 0 Å². The van der Waals surface area contributed by atoms with Crippen LogP contribution in [0.4, 0.5) is 0 Å². The largest absolute Gasteiger partial charge is 0.369 e. The van der Waals surface area contributed by atoms with Crippen LogP contribution in [-0.2, 0) is 9.59 Å². The Balaban J connectivity index is 4.53. The molecule has 0 aliphatic rings. The van der Waals surface area contributed by atoms with Crippen molar-refractivity contribution in [2.24, 2.45) is 17.6 Å². The normalized spacial score (nSPS) is 14.9. The molecule has 0 heterocycles. The highest BCUT2D eigenvalue weighted by Crippen LogP contribution is 2.24. The van der Waals surface area contributed by atoms with Gasteiger partial charge < -0.3 is 5.73 Å². The summed E-state index contributed by atoms with van der Waals surface area (Å²) in [5, 5.41) is 0. The topological polar surface area (TPSA) is 60.2 Å². The van der Waals surface area contributed by atoms with Crippen LogP contribution in [-0.4, -0.2) is 11.7 Å². The molecule has 0 rings (SSSR count). The lowest BCUT2D eigenvalue weighted by molar-refractivity contribution is -0.121. The summed E-state index contributed by atoms with van der Waals surface area (Å²) in [4.78, 5) is 22.1. The number of primary amides is 1. The summed E-state index contributed by atoms with van der Waals surface area (Å²) in [5.41, 5.74) is 6.34. The second kappa shape index (κ2) is 8.67. The molecule has 0 aliphatic carbocycles. The van der Waals surface area contributed by atoms with Gasteiger partial charge in [0.2, 0.25) is 5.91 Å². The summed E-state index contributed by atoms with van der Waals surface area (Å²) in [6.45, 7) is 9.09. The van der Waals surface area contributed by atoms with Crippen molar-refractivity contribution in [3.8, 4) is 0 Å². The molecule has 0 aromatic rings. The van der Waals surface area contributed by atoms with E-state index in [2.05, 4.69) is 6.58 Å². The second-order valence-corrected chi connectivity index (χ2v) is 4.94. The fourth-order valence-corrected chi connectivity index (χ4v) is 1.95. The van der Waals surface area contributed by atoms with Crippen molar-refractivity contribution in [2.45, 2.75) is 46.5 Å². The number of nitrogens with two attached hydrogens (primary N) is 1. The lowest BCUT2D eigenvalue weighted by Crippen LogP contribution is -2.21. The fraction of sp³-hybridized carbons (Fsp3) is 0.600. The summed E-state index contributed by atoms with van der Waals surface area (Å²) in [6, 6.07) is 0. The molecule has 2 atom stereocenters. The molecular weight excluding hydrogens is 226 g/mol. The van der Waals surface area contributed by atoms with E-state index in [1.54, 1.807) is 13.0 Å². The summed E-state index contributed by atoms with van der Waals surface area (Å²) >= 11 is 0. The van der Waals surface area contributed by atoms with Gasteiger partial charge in [-0.05, 0) is 51.5 Å². The molecule has 102 valence electrons. The first-order chi connectivity index (χ1) is 8.38. The molecule has 1 amide bonds. The summed E-state index contributed by atoms with van der Waals surface area (Å²) in [6.07, 6.45) is 7.09. The minimum absolute atomic E-state index is 0.0686. The molecule has 2 N–H and O–H groups in total. The maximum absolute atomic E-state index is 11.1. The van der Waals surface area contributed by atoms with Crippen LogP contribution in [0.2, 0.25) is 0 Å². The third-order valence-corrected chi connectivity index (χ3v) is 3.23. The summed E-state index contributed by atoms with van der Waals surface area (Å²) < 4.78 is 0. The van der Waals surface area contributed by atoms with E-state index in [1.807, 2.05) is 19.9 Å². The highest BCUT2D eigenvalue weighted by molar-refractivity contribution is 5.87.